The summed E-state index contributed by atoms with van der Waals surface area (Å²) in [4.78, 5) is 24.6. The number of hydrogen-bond donors (Lipinski definition) is 1. The molecule has 8 heteroatoms. The topological polar surface area (TPSA) is 92.8 Å². The van der Waals surface area contributed by atoms with Crippen molar-refractivity contribution in [2.75, 3.05) is 23.0 Å². The number of sulfonamides is 1. The van der Waals surface area contributed by atoms with Crippen LogP contribution in [0.1, 0.15) is 44.3 Å². The number of benzene rings is 3. The molecule has 0 spiro atoms. The summed E-state index contributed by atoms with van der Waals surface area (Å²) in [6, 6.07) is 18.8. The molecule has 1 unspecified atom stereocenters. The lowest BCUT2D eigenvalue weighted by molar-refractivity contribution is 0.0600. The molecule has 0 fully saturated rings. The largest absolute Gasteiger partial charge is 0.465 e. The Kier molecular flexibility index (Phi) is 6.63. The molecule has 1 atom stereocenters. The van der Waals surface area contributed by atoms with E-state index >= 15 is 0 Å². The van der Waals surface area contributed by atoms with Gasteiger partial charge in [0.1, 0.15) is 0 Å². The van der Waals surface area contributed by atoms with Gasteiger partial charge in [-0.2, -0.15) is 0 Å². The molecule has 178 valence electrons. The van der Waals surface area contributed by atoms with Gasteiger partial charge < -0.3 is 10.1 Å². The summed E-state index contributed by atoms with van der Waals surface area (Å²) >= 11 is 0. The summed E-state index contributed by atoms with van der Waals surface area (Å²) in [5.41, 5.74) is 4.24. The Balaban J connectivity index is 1.51. The minimum absolute atomic E-state index is 0.193. The maximum absolute atomic E-state index is 12.9. The molecular weight excluding hydrogens is 464 g/mol. The summed E-state index contributed by atoms with van der Waals surface area (Å²) in [5.74, 6) is 5.33. The Bertz CT molecular complexity index is 1480. The number of carbonyl (C=O) groups is 2. The molecule has 0 aliphatic carbocycles. The van der Waals surface area contributed by atoms with Gasteiger partial charge in [-0.25, -0.2) is 13.2 Å². The highest BCUT2D eigenvalue weighted by molar-refractivity contribution is 7.92. The van der Waals surface area contributed by atoms with E-state index in [1.807, 2.05) is 13.0 Å². The SMILES string of the molecule is COC(=O)c1cccc(C#Cc2cccc(NC(=O)c3ccc4c(c3)CC(C)N4S(C)(=O)=O)c2)c1. The van der Waals surface area contributed by atoms with E-state index in [0.717, 1.165) is 5.56 Å². The normalized spacial score (nSPS) is 14.5. The molecule has 3 aromatic carbocycles. The van der Waals surface area contributed by atoms with Gasteiger partial charge in [-0.05, 0) is 73.5 Å². The van der Waals surface area contributed by atoms with E-state index in [9.17, 15) is 18.0 Å². The molecule has 7 nitrogen and oxygen atoms in total. The second-order valence-electron chi connectivity index (χ2n) is 8.31. The molecule has 1 N–H and O–H groups in total. The standard InChI is InChI=1S/C27H24N2O5S/c1-18-14-23-17-21(12-13-25(23)29(18)35(3,32)33)26(30)28-24-9-5-7-20(16-24)11-10-19-6-4-8-22(15-19)27(31)34-2/h4-9,12-13,15-18H,14H2,1-3H3,(H,28,30). The predicted molar refractivity (Wildman–Crippen MR) is 135 cm³/mol. The maximum atomic E-state index is 12.9. The van der Waals surface area contributed by atoms with Gasteiger partial charge in [-0.15, -0.1) is 0 Å². The fraction of sp³-hybridized carbons (Fsp3) is 0.185. The van der Waals surface area contributed by atoms with Crippen LogP contribution in [0.2, 0.25) is 0 Å². The lowest BCUT2D eigenvalue weighted by Gasteiger charge is -2.21. The highest BCUT2D eigenvalue weighted by Crippen LogP contribution is 2.34. The summed E-state index contributed by atoms with van der Waals surface area (Å²) in [6.45, 7) is 1.85. The lowest BCUT2D eigenvalue weighted by atomic mass is 10.1. The van der Waals surface area contributed by atoms with Crippen molar-refractivity contribution in [2.24, 2.45) is 0 Å². The number of rotatable bonds is 4. The first-order valence-corrected chi connectivity index (χ1v) is 12.7. The maximum Gasteiger partial charge on any atom is 0.337 e. The van der Waals surface area contributed by atoms with Crippen molar-refractivity contribution in [3.05, 3.63) is 94.5 Å². The lowest BCUT2D eigenvalue weighted by Crippen LogP contribution is -2.34. The second kappa shape index (κ2) is 9.65. The first-order chi connectivity index (χ1) is 16.7. The van der Waals surface area contributed by atoms with Crippen LogP contribution in [0.4, 0.5) is 11.4 Å². The molecule has 1 aliphatic heterocycles. The molecule has 1 heterocycles. The van der Waals surface area contributed by atoms with E-state index in [1.54, 1.807) is 60.7 Å². The number of nitrogens with one attached hydrogen (secondary N) is 1. The van der Waals surface area contributed by atoms with Gasteiger partial charge in [0.25, 0.3) is 5.91 Å². The third kappa shape index (κ3) is 5.36. The monoisotopic (exact) mass is 488 g/mol. The van der Waals surface area contributed by atoms with E-state index in [-0.39, 0.29) is 11.9 Å². The molecule has 35 heavy (non-hydrogen) atoms. The highest BCUT2D eigenvalue weighted by Gasteiger charge is 2.32. The van der Waals surface area contributed by atoms with Crippen molar-refractivity contribution in [3.63, 3.8) is 0 Å². The van der Waals surface area contributed by atoms with Crippen molar-refractivity contribution in [2.45, 2.75) is 19.4 Å². The van der Waals surface area contributed by atoms with Crippen LogP contribution in [0.3, 0.4) is 0 Å². The van der Waals surface area contributed by atoms with Crippen molar-refractivity contribution in [3.8, 4) is 11.8 Å². The van der Waals surface area contributed by atoms with Crippen LogP contribution in [0.15, 0.2) is 66.7 Å². The molecule has 0 radical (unpaired) electrons. The molecular formula is C27H24N2O5S. The number of ether oxygens (including phenoxy) is 1. The number of hydrogen-bond acceptors (Lipinski definition) is 5. The van der Waals surface area contributed by atoms with Gasteiger partial charge in [-0.3, -0.25) is 9.10 Å². The zero-order chi connectivity index (χ0) is 25.2. The molecule has 0 saturated heterocycles. The smallest absolute Gasteiger partial charge is 0.337 e. The molecule has 1 aliphatic rings. The number of anilines is 2. The summed E-state index contributed by atoms with van der Waals surface area (Å²) in [6.07, 6.45) is 1.73. The fourth-order valence-electron chi connectivity index (χ4n) is 4.11. The van der Waals surface area contributed by atoms with Crippen molar-refractivity contribution in [1.29, 1.82) is 0 Å². The van der Waals surface area contributed by atoms with Gasteiger partial charge in [0.05, 0.1) is 24.6 Å². The van der Waals surface area contributed by atoms with Gasteiger partial charge in [0, 0.05) is 28.4 Å². The molecule has 0 bridgehead atoms. The third-order valence-electron chi connectivity index (χ3n) is 5.61. The number of amides is 1. The first kappa shape index (κ1) is 24.0. The van der Waals surface area contributed by atoms with E-state index in [0.29, 0.717) is 40.0 Å². The molecule has 4 rings (SSSR count). The van der Waals surface area contributed by atoms with Crippen LogP contribution in [-0.4, -0.2) is 39.7 Å². The average Bonchev–Trinajstić information content (AvgIpc) is 3.18. The van der Waals surface area contributed by atoms with Gasteiger partial charge in [0.2, 0.25) is 10.0 Å². The van der Waals surface area contributed by atoms with Crippen molar-refractivity contribution < 1.29 is 22.7 Å². The average molecular weight is 489 g/mol. The summed E-state index contributed by atoms with van der Waals surface area (Å²) in [7, 11) is -2.06. The Morgan fingerprint density at radius 2 is 1.66 bits per heavy atom. The molecule has 0 saturated carbocycles. The molecule has 1 amide bonds. The van der Waals surface area contributed by atoms with Crippen LogP contribution in [0.5, 0.6) is 0 Å². The zero-order valence-corrected chi connectivity index (χ0v) is 20.3. The Morgan fingerprint density at radius 1 is 0.971 bits per heavy atom. The number of nitrogens with zero attached hydrogens (tertiary/aromatic N) is 1. The number of methoxy groups -OCH3 is 1. The number of fused-ring (bicyclic) bond motifs is 1. The molecule has 0 aromatic heterocycles. The third-order valence-corrected chi connectivity index (χ3v) is 6.88. The Morgan fingerprint density at radius 3 is 2.34 bits per heavy atom. The van der Waals surface area contributed by atoms with Crippen LogP contribution in [0, 0.1) is 11.8 Å². The highest BCUT2D eigenvalue weighted by atomic mass is 32.2. The Labute approximate surface area is 204 Å². The van der Waals surface area contributed by atoms with Gasteiger partial charge >= 0.3 is 5.97 Å². The van der Waals surface area contributed by atoms with E-state index in [2.05, 4.69) is 17.2 Å². The minimum atomic E-state index is -3.39. The van der Waals surface area contributed by atoms with Crippen LogP contribution in [0.25, 0.3) is 0 Å². The second-order valence-corrected chi connectivity index (χ2v) is 10.2. The first-order valence-electron chi connectivity index (χ1n) is 10.9. The predicted octanol–water partition coefficient (Wildman–Crippen LogP) is 3.84. The quantitative estimate of drug-likeness (QED) is 0.445. The fourth-order valence-corrected chi connectivity index (χ4v) is 5.38. The van der Waals surface area contributed by atoms with E-state index in [1.165, 1.54) is 17.7 Å². The van der Waals surface area contributed by atoms with Crippen LogP contribution in [-0.2, 0) is 21.2 Å². The molecule has 3 aromatic rings. The van der Waals surface area contributed by atoms with Gasteiger partial charge in [-0.1, -0.05) is 24.0 Å². The van der Waals surface area contributed by atoms with E-state index in [4.69, 9.17) is 4.74 Å². The van der Waals surface area contributed by atoms with Gasteiger partial charge in [0.15, 0.2) is 0 Å². The summed E-state index contributed by atoms with van der Waals surface area (Å²) in [5, 5.41) is 2.87. The minimum Gasteiger partial charge on any atom is -0.465 e. The zero-order valence-electron chi connectivity index (χ0n) is 19.5. The van der Waals surface area contributed by atoms with Crippen LogP contribution >= 0.6 is 0 Å². The number of esters is 1. The van der Waals surface area contributed by atoms with Crippen molar-refractivity contribution in [1.82, 2.24) is 0 Å². The Hall–Kier alpha value is -4.09. The summed E-state index contributed by atoms with van der Waals surface area (Å²) < 4.78 is 30.4. The van der Waals surface area contributed by atoms with E-state index < -0.39 is 16.0 Å². The van der Waals surface area contributed by atoms with Crippen molar-refractivity contribution >= 4 is 33.3 Å². The van der Waals surface area contributed by atoms with Crippen LogP contribution < -0.4 is 9.62 Å². The number of carbonyl (C=O) groups excluding carboxylic acids is 2.